The number of carbonyl (C=O) groups is 2. The van der Waals surface area contributed by atoms with Gasteiger partial charge in [-0.15, -0.1) is 0 Å². The number of esters is 1. The van der Waals surface area contributed by atoms with Crippen LogP contribution in [0.5, 0.6) is 0 Å². The lowest BCUT2D eigenvalue weighted by Crippen LogP contribution is -2.04. The van der Waals surface area contributed by atoms with Gasteiger partial charge >= 0.3 is 5.97 Å². The fourth-order valence-corrected chi connectivity index (χ4v) is 1.52. The maximum Gasteiger partial charge on any atom is 0.334 e. The second kappa shape index (κ2) is 5.31. The number of rotatable bonds is 3. The van der Waals surface area contributed by atoms with Crippen LogP contribution in [0.4, 0.5) is 0 Å². The Balaban J connectivity index is 2.15. The minimum Gasteiger partial charge on any atom is -0.463 e. The van der Waals surface area contributed by atoms with Gasteiger partial charge in [0, 0.05) is 11.6 Å². The van der Waals surface area contributed by atoms with Crippen LogP contribution in [-0.4, -0.2) is 18.4 Å². The van der Waals surface area contributed by atoms with Crippen molar-refractivity contribution in [2.45, 2.75) is 6.92 Å². The number of ketones is 1. The van der Waals surface area contributed by atoms with E-state index in [0.29, 0.717) is 5.76 Å². The average Bonchev–Trinajstić information content (AvgIpc) is 2.72. The Morgan fingerprint density at radius 1 is 1.33 bits per heavy atom. The van der Waals surface area contributed by atoms with Crippen molar-refractivity contribution in [3.05, 3.63) is 53.8 Å². The van der Waals surface area contributed by atoms with Crippen LogP contribution < -0.4 is 0 Å². The Morgan fingerprint density at radius 2 is 2.06 bits per heavy atom. The van der Waals surface area contributed by atoms with Crippen LogP contribution in [0, 0.1) is 0 Å². The van der Waals surface area contributed by atoms with E-state index in [2.05, 4.69) is 0 Å². The molecule has 0 N–H and O–H groups in total. The second-order valence-corrected chi connectivity index (χ2v) is 3.60. The van der Waals surface area contributed by atoms with Crippen molar-refractivity contribution in [3.8, 4) is 0 Å². The van der Waals surface area contributed by atoms with Crippen molar-refractivity contribution in [1.82, 2.24) is 0 Å². The zero-order valence-corrected chi connectivity index (χ0v) is 9.88. The maximum absolute atomic E-state index is 11.6. The van der Waals surface area contributed by atoms with Gasteiger partial charge in [-0.3, -0.25) is 4.79 Å². The Morgan fingerprint density at radius 3 is 2.72 bits per heavy atom. The molecule has 0 amide bonds. The minimum absolute atomic E-state index is 0.00713. The summed E-state index contributed by atoms with van der Waals surface area (Å²) in [6.07, 6.45) is 2.43. The first-order valence-electron chi connectivity index (χ1n) is 5.58. The summed E-state index contributed by atoms with van der Waals surface area (Å²) in [6, 6.07) is 9.21. The zero-order valence-electron chi connectivity index (χ0n) is 9.88. The fraction of sp³-hybridized carbons (Fsp3) is 0.143. The monoisotopic (exact) mass is 244 g/mol. The summed E-state index contributed by atoms with van der Waals surface area (Å²) in [7, 11) is 0. The number of benzene rings is 1. The third kappa shape index (κ3) is 2.66. The van der Waals surface area contributed by atoms with Gasteiger partial charge in [0.25, 0.3) is 0 Å². The lowest BCUT2D eigenvalue weighted by Gasteiger charge is -2.03. The van der Waals surface area contributed by atoms with Gasteiger partial charge in [0.2, 0.25) is 5.78 Å². The van der Waals surface area contributed by atoms with Crippen LogP contribution in [-0.2, 0) is 19.1 Å². The van der Waals surface area contributed by atoms with Crippen LogP contribution in [0.3, 0.4) is 0 Å². The standard InChI is InChI=1S/C14H12O4/c1-2-17-14(16)9-13-11(15)8-12(18-13)10-6-4-3-5-7-10/h3-9H,2H2,1H3/b13-9-. The van der Waals surface area contributed by atoms with Gasteiger partial charge in [0.1, 0.15) is 5.76 Å². The molecule has 0 atom stereocenters. The highest BCUT2D eigenvalue weighted by molar-refractivity contribution is 6.12. The SMILES string of the molecule is CCOC(=O)/C=C1\OC(c2ccccc2)=CC1=O. The highest BCUT2D eigenvalue weighted by Crippen LogP contribution is 2.26. The summed E-state index contributed by atoms with van der Waals surface area (Å²) >= 11 is 0. The summed E-state index contributed by atoms with van der Waals surface area (Å²) in [4.78, 5) is 22.9. The van der Waals surface area contributed by atoms with Crippen molar-refractivity contribution in [1.29, 1.82) is 0 Å². The lowest BCUT2D eigenvalue weighted by molar-refractivity contribution is -0.137. The van der Waals surface area contributed by atoms with E-state index >= 15 is 0 Å². The third-order valence-corrected chi connectivity index (χ3v) is 2.32. The van der Waals surface area contributed by atoms with Crippen molar-refractivity contribution in [2.75, 3.05) is 6.61 Å². The average molecular weight is 244 g/mol. The van der Waals surface area contributed by atoms with Gasteiger partial charge in [0.05, 0.1) is 12.7 Å². The van der Waals surface area contributed by atoms with Gasteiger partial charge in [-0.05, 0) is 6.92 Å². The molecule has 0 bridgehead atoms. The summed E-state index contributed by atoms with van der Waals surface area (Å²) in [5, 5.41) is 0. The highest BCUT2D eigenvalue weighted by atomic mass is 16.5. The number of allylic oxidation sites excluding steroid dienone is 1. The summed E-state index contributed by atoms with van der Waals surface area (Å²) < 4.78 is 10.1. The van der Waals surface area contributed by atoms with Gasteiger partial charge in [-0.2, -0.15) is 0 Å². The molecule has 0 aliphatic carbocycles. The molecular formula is C14H12O4. The van der Waals surface area contributed by atoms with E-state index in [1.54, 1.807) is 6.92 Å². The highest BCUT2D eigenvalue weighted by Gasteiger charge is 2.22. The van der Waals surface area contributed by atoms with Crippen molar-refractivity contribution < 1.29 is 19.1 Å². The maximum atomic E-state index is 11.6. The third-order valence-electron chi connectivity index (χ3n) is 2.32. The van der Waals surface area contributed by atoms with E-state index in [9.17, 15) is 9.59 Å². The molecule has 0 fully saturated rings. The predicted molar refractivity (Wildman–Crippen MR) is 65.2 cm³/mol. The number of carbonyl (C=O) groups excluding carboxylic acids is 2. The molecule has 1 aromatic rings. The smallest absolute Gasteiger partial charge is 0.334 e. The molecule has 0 saturated heterocycles. The van der Waals surface area contributed by atoms with Crippen LogP contribution >= 0.6 is 0 Å². The van der Waals surface area contributed by atoms with Crippen molar-refractivity contribution in [3.63, 3.8) is 0 Å². The molecule has 1 aromatic carbocycles. The zero-order chi connectivity index (χ0) is 13.0. The van der Waals surface area contributed by atoms with Crippen LogP contribution in [0.1, 0.15) is 12.5 Å². The van der Waals surface area contributed by atoms with E-state index in [1.807, 2.05) is 30.3 Å². The van der Waals surface area contributed by atoms with Crippen LogP contribution in [0.15, 0.2) is 48.2 Å². The van der Waals surface area contributed by atoms with Gasteiger partial charge in [-0.25, -0.2) is 4.79 Å². The lowest BCUT2D eigenvalue weighted by atomic mass is 10.2. The summed E-state index contributed by atoms with van der Waals surface area (Å²) in [5.74, 6) is -0.478. The largest absolute Gasteiger partial charge is 0.463 e. The molecule has 0 aromatic heterocycles. The molecule has 0 saturated carbocycles. The van der Waals surface area contributed by atoms with Crippen molar-refractivity contribution in [2.24, 2.45) is 0 Å². The van der Waals surface area contributed by atoms with Gasteiger partial charge in [0.15, 0.2) is 5.76 Å². The molecule has 1 aliphatic heterocycles. The Kier molecular flexibility index (Phi) is 3.57. The fourth-order valence-electron chi connectivity index (χ4n) is 1.52. The quantitative estimate of drug-likeness (QED) is 0.603. The Labute approximate surface area is 105 Å². The molecule has 2 rings (SSSR count). The van der Waals surface area contributed by atoms with E-state index in [4.69, 9.17) is 9.47 Å². The molecular weight excluding hydrogens is 232 g/mol. The molecule has 1 aliphatic rings. The van der Waals surface area contributed by atoms with Crippen molar-refractivity contribution >= 4 is 17.5 Å². The Hall–Kier alpha value is -2.36. The number of hydrogen-bond donors (Lipinski definition) is 0. The molecule has 4 nitrogen and oxygen atoms in total. The molecule has 0 radical (unpaired) electrons. The van der Waals surface area contributed by atoms with Gasteiger partial charge in [-0.1, -0.05) is 30.3 Å². The van der Waals surface area contributed by atoms with Crippen LogP contribution in [0.2, 0.25) is 0 Å². The van der Waals surface area contributed by atoms with Gasteiger partial charge < -0.3 is 9.47 Å². The van der Waals surface area contributed by atoms with E-state index in [0.717, 1.165) is 11.6 Å². The van der Waals surface area contributed by atoms with E-state index in [1.165, 1.54) is 6.08 Å². The summed E-state index contributed by atoms with van der Waals surface area (Å²) in [5.41, 5.74) is 0.790. The predicted octanol–water partition coefficient (Wildman–Crippen LogP) is 2.07. The minimum atomic E-state index is -0.580. The Bertz CT molecular complexity index is 526. The second-order valence-electron chi connectivity index (χ2n) is 3.60. The normalized spacial score (nSPS) is 16.4. The molecule has 0 spiro atoms. The molecule has 1 heterocycles. The molecule has 92 valence electrons. The van der Waals surface area contributed by atoms with E-state index < -0.39 is 5.97 Å². The first kappa shape index (κ1) is 12.1. The first-order valence-corrected chi connectivity index (χ1v) is 5.58. The van der Waals surface area contributed by atoms with E-state index in [-0.39, 0.29) is 18.1 Å². The number of ether oxygens (including phenoxy) is 2. The first-order chi connectivity index (χ1) is 8.70. The van der Waals surface area contributed by atoms with Crippen LogP contribution in [0.25, 0.3) is 5.76 Å². The molecule has 0 unspecified atom stereocenters. The molecule has 18 heavy (non-hydrogen) atoms. The topological polar surface area (TPSA) is 52.6 Å². The number of hydrogen-bond acceptors (Lipinski definition) is 4. The summed E-state index contributed by atoms with van der Waals surface area (Å²) in [6.45, 7) is 1.96. The molecule has 4 heteroatoms.